The van der Waals surface area contributed by atoms with E-state index >= 15 is 0 Å². The minimum Gasteiger partial charge on any atom is -0.480 e. The maximum atomic E-state index is 12.0. The molecule has 0 saturated heterocycles. The number of urea groups is 1. The molecular weight excluding hydrogens is 324 g/mol. The monoisotopic (exact) mass is 344 g/mol. The molecule has 1 aromatic heterocycles. The van der Waals surface area contributed by atoms with Crippen LogP contribution in [0.5, 0.6) is 0 Å². The molecule has 132 valence electrons. The Balaban J connectivity index is 1.93. The molecular formula is C16H20N6O3. The molecule has 1 heterocycles. The first kappa shape index (κ1) is 18.0. The number of aliphatic imine (C=N–C) groups is 1. The number of nitrogens with two attached hydrogens (primary N) is 2. The molecule has 2 rings (SSSR count). The normalized spacial score (nSPS) is 11.5. The maximum absolute atomic E-state index is 12.0. The highest BCUT2D eigenvalue weighted by molar-refractivity contribution is 5.94. The van der Waals surface area contributed by atoms with E-state index in [4.69, 9.17) is 11.5 Å². The highest BCUT2D eigenvalue weighted by Crippen LogP contribution is 2.16. The first-order valence-electron chi connectivity index (χ1n) is 7.66. The van der Waals surface area contributed by atoms with Crippen molar-refractivity contribution in [1.82, 2.24) is 10.3 Å². The molecule has 2 amide bonds. The van der Waals surface area contributed by atoms with E-state index in [1.807, 2.05) is 6.07 Å². The lowest BCUT2D eigenvalue weighted by Crippen LogP contribution is -2.43. The molecule has 25 heavy (non-hydrogen) atoms. The molecule has 0 aliphatic carbocycles. The molecule has 0 bridgehead atoms. The third-order valence-corrected chi connectivity index (χ3v) is 3.41. The van der Waals surface area contributed by atoms with Gasteiger partial charge >= 0.3 is 12.0 Å². The van der Waals surface area contributed by atoms with Gasteiger partial charge in [0.2, 0.25) is 0 Å². The number of benzene rings is 1. The van der Waals surface area contributed by atoms with E-state index in [1.54, 1.807) is 30.5 Å². The summed E-state index contributed by atoms with van der Waals surface area (Å²) < 4.78 is 0. The summed E-state index contributed by atoms with van der Waals surface area (Å²) >= 11 is 0. The quantitative estimate of drug-likeness (QED) is 0.285. The summed E-state index contributed by atoms with van der Waals surface area (Å²) in [6.07, 6.45) is 2.32. The second-order valence-corrected chi connectivity index (χ2v) is 5.35. The minimum absolute atomic E-state index is 0.0524. The van der Waals surface area contributed by atoms with Gasteiger partial charge in [-0.15, -0.1) is 0 Å². The molecule has 0 radical (unpaired) electrons. The number of anilines is 1. The van der Waals surface area contributed by atoms with Crippen molar-refractivity contribution in [1.29, 1.82) is 0 Å². The largest absolute Gasteiger partial charge is 0.480 e. The number of nitrogens with zero attached hydrogens (tertiary/aromatic N) is 2. The highest BCUT2D eigenvalue weighted by atomic mass is 16.4. The molecule has 9 heteroatoms. The summed E-state index contributed by atoms with van der Waals surface area (Å²) in [5, 5.41) is 15.1. The third-order valence-electron chi connectivity index (χ3n) is 3.41. The first-order chi connectivity index (χ1) is 12.0. The van der Waals surface area contributed by atoms with Crippen LogP contribution in [-0.2, 0) is 4.79 Å². The van der Waals surface area contributed by atoms with Crippen molar-refractivity contribution in [2.45, 2.75) is 18.9 Å². The minimum atomic E-state index is -1.12. The number of fused-ring (bicyclic) bond motifs is 1. The van der Waals surface area contributed by atoms with E-state index in [0.717, 1.165) is 10.9 Å². The molecule has 1 atom stereocenters. The fourth-order valence-corrected chi connectivity index (χ4v) is 2.24. The van der Waals surface area contributed by atoms with Crippen molar-refractivity contribution in [3.63, 3.8) is 0 Å². The van der Waals surface area contributed by atoms with Crippen LogP contribution < -0.4 is 22.1 Å². The lowest BCUT2D eigenvalue weighted by atomic mass is 10.1. The number of amides is 2. The van der Waals surface area contributed by atoms with Crippen molar-refractivity contribution >= 4 is 34.6 Å². The Morgan fingerprint density at radius 2 is 2.08 bits per heavy atom. The van der Waals surface area contributed by atoms with Gasteiger partial charge < -0.3 is 27.2 Å². The third kappa shape index (κ3) is 5.65. The molecule has 7 N–H and O–H groups in total. The van der Waals surface area contributed by atoms with E-state index in [9.17, 15) is 14.7 Å². The van der Waals surface area contributed by atoms with Gasteiger partial charge in [0.25, 0.3) is 0 Å². The van der Waals surface area contributed by atoms with Crippen molar-refractivity contribution in [3.8, 4) is 0 Å². The molecule has 0 fully saturated rings. The van der Waals surface area contributed by atoms with Gasteiger partial charge in [0.1, 0.15) is 6.04 Å². The summed E-state index contributed by atoms with van der Waals surface area (Å²) in [6.45, 7) is 0.299. The predicted octanol–water partition coefficient (Wildman–Crippen LogP) is 0.863. The number of pyridine rings is 1. The zero-order valence-electron chi connectivity index (χ0n) is 13.5. The van der Waals surface area contributed by atoms with Gasteiger partial charge in [-0.2, -0.15) is 0 Å². The number of nitrogens with one attached hydrogen (secondary N) is 2. The van der Waals surface area contributed by atoms with Crippen LogP contribution in [0, 0.1) is 0 Å². The summed E-state index contributed by atoms with van der Waals surface area (Å²) in [5.74, 6) is -1.18. The van der Waals surface area contributed by atoms with Crippen LogP contribution in [0.1, 0.15) is 12.8 Å². The topological polar surface area (TPSA) is 156 Å². The van der Waals surface area contributed by atoms with Gasteiger partial charge in [-0.3, -0.25) is 9.98 Å². The van der Waals surface area contributed by atoms with Crippen molar-refractivity contribution < 1.29 is 14.7 Å². The Labute approximate surface area is 144 Å². The molecule has 0 aliphatic rings. The number of guanidine groups is 1. The SMILES string of the molecule is NC(N)=NCCCC(NC(=O)Nc1ccc2ncccc2c1)C(=O)O. The molecule has 0 aliphatic heterocycles. The van der Waals surface area contributed by atoms with Crippen molar-refractivity contribution in [3.05, 3.63) is 36.5 Å². The van der Waals surface area contributed by atoms with Crippen molar-refractivity contribution in [2.24, 2.45) is 16.5 Å². The summed E-state index contributed by atoms with van der Waals surface area (Å²) in [6, 6.07) is 7.27. The van der Waals surface area contributed by atoms with Crippen LogP contribution in [0.3, 0.4) is 0 Å². The lowest BCUT2D eigenvalue weighted by molar-refractivity contribution is -0.139. The fourth-order valence-electron chi connectivity index (χ4n) is 2.24. The van der Waals surface area contributed by atoms with E-state index in [1.165, 1.54) is 0 Å². The van der Waals surface area contributed by atoms with Crippen LogP contribution in [-0.4, -0.2) is 40.6 Å². The lowest BCUT2D eigenvalue weighted by Gasteiger charge is -2.15. The van der Waals surface area contributed by atoms with E-state index in [2.05, 4.69) is 20.6 Å². The van der Waals surface area contributed by atoms with Crippen LogP contribution in [0.15, 0.2) is 41.5 Å². The van der Waals surface area contributed by atoms with Gasteiger partial charge in [0, 0.05) is 23.8 Å². The predicted molar refractivity (Wildman–Crippen MR) is 95.2 cm³/mol. The number of hydrogen-bond donors (Lipinski definition) is 5. The van der Waals surface area contributed by atoms with Gasteiger partial charge in [0.05, 0.1) is 5.52 Å². The number of carboxylic acid groups (broad SMARTS) is 1. The number of aliphatic carboxylic acids is 1. The van der Waals surface area contributed by atoms with Crippen LogP contribution in [0.25, 0.3) is 10.9 Å². The smallest absolute Gasteiger partial charge is 0.326 e. The zero-order valence-corrected chi connectivity index (χ0v) is 13.5. The standard InChI is InChI=1S/C16H20N6O3/c17-15(18)20-8-2-4-13(14(23)24)22-16(25)21-11-5-6-12-10(9-11)3-1-7-19-12/h1,3,5-7,9,13H,2,4,8H2,(H,23,24)(H4,17,18,20)(H2,21,22,25). The Bertz CT molecular complexity index is 788. The maximum Gasteiger partial charge on any atom is 0.326 e. The van der Waals surface area contributed by atoms with Gasteiger partial charge in [0.15, 0.2) is 5.96 Å². The fraction of sp³-hybridized carbons (Fsp3) is 0.250. The Kier molecular flexibility index (Phi) is 6.10. The Morgan fingerprint density at radius 3 is 2.80 bits per heavy atom. The molecule has 0 spiro atoms. The van der Waals surface area contributed by atoms with Crippen LogP contribution in [0.2, 0.25) is 0 Å². The highest BCUT2D eigenvalue weighted by Gasteiger charge is 2.19. The second-order valence-electron chi connectivity index (χ2n) is 5.35. The van der Waals surface area contributed by atoms with Crippen LogP contribution in [0.4, 0.5) is 10.5 Å². The van der Waals surface area contributed by atoms with E-state index in [0.29, 0.717) is 18.7 Å². The van der Waals surface area contributed by atoms with E-state index < -0.39 is 18.0 Å². The Morgan fingerprint density at radius 1 is 1.28 bits per heavy atom. The summed E-state index contributed by atoms with van der Waals surface area (Å²) in [4.78, 5) is 31.3. The number of carboxylic acids is 1. The van der Waals surface area contributed by atoms with E-state index in [-0.39, 0.29) is 12.4 Å². The van der Waals surface area contributed by atoms with Gasteiger partial charge in [-0.1, -0.05) is 6.07 Å². The first-order valence-corrected chi connectivity index (χ1v) is 7.66. The van der Waals surface area contributed by atoms with Crippen LogP contribution >= 0.6 is 0 Å². The average Bonchev–Trinajstić information content (AvgIpc) is 2.57. The summed E-state index contributed by atoms with van der Waals surface area (Å²) in [5.41, 5.74) is 11.8. The van der Waals surface area contributed by atoms with Crippen molar-refractivity contribution in [2.75, 3.05) is 11.9 Å². The van der Waals surface area contributed by atoms with Gasteiger partial charge in [-0.05, 0) is 37.1 Å². The molecule has 1 unspecified atom stereocenters. The number of hydrogen-bond acceptors (Lipinski definition) is 4. The molecule has 2 aromatic rings. The summed E-state index contributed by atoms with van der Waals surface area (Å²) in [7, 11) is 0. The Hall–Kier alpha value is -3.36. The molecule has 1 aromatic carbocycles. The second kappa shape index (κ2) is 8.48. The number of rotatable bonds is 7. The molecule has 9 nitrogen and oxygen atoms in total. The molecule has 0 saturated carbocycles. The number of carbonyl (C=O) groups is 2. The number of aromatic nitrogens is 1. The zero-order chi connectivity index (χ0) is 18.2. The average molecular weight is 344 g/mol. The number of carbonyl (C=O) groups excluding carboxylic acids is 1. The van der Waals surface area contributed by atoms with Gasteiger partial charge in [-0.25, -0.2) is 9.59 Å².